The second-order valence-electron chi connectivity index (χ2n) is 17.1. The summed E-state index contributed by atoms with van der Waals surface area (Å²) in [4.78, 5) is 0. The van der Waals surface area contributed by atoms with Gasteiger partial charge in [0.2, 0.25) is 0 Å². The van der Waals surface area contributed by atoms with Crippen LogP contribution in [0.3, 0.4) is 0 Å². The Morgan fingerprint density at radius 2 is 0.750 bits per heavy atom. The lowest BCUT2D eigenvalue weighted by atomic mass is 9.67. The molecule has 7 aromatic rings. The SMILES string of the molecule is Cc1ccc(C(C)(C)C)cc1.Cc1ccc(C(C)c2ccc(C)cc2)cc1.Cc1ccc(C2(c3ccc(C)c(C)c3)c3ccccc3-c3ccccc32)cc1C. The topological polar surface area (TPSA) is 0 Å². The molecule has 7 aromatic carbocycles. The predicted molar refractivity (Wildman–Crippen MR) is 242 cm³/mol. The molecule has 56 heavy (non-hydrogen) atoms. The monoisotopic (exact) mass is 732 g/mol. The molecule has 0 bridgehead atoms. The molecule has 0 nitrogen and oxygen atoms in total. The fourth-order valence-corrected chi connectivity index (χ4v) is 7.93. The van der Waals surface area contributed by atoms with Crippen molar-refractivity contribution in [1.29, 1.82) is 0 Å². The van der Waals surface area contributed by atoms with Crippen molar-refractivity contribution in [3.8, 4) is 11.1 Å². The van der Waals surface area contributed by atoms with E-state index in [9.17, 15) is 0 Å². The van der Waals surface area contributed by atoms with Crippen LogP contribution in [0.5, 0.6) is 0 Å². The first-order valence-corrected chi connectivity index (χ1v) is 20.2. The van der Waals surface area contributed by atoms with Gasteiger partial charge in [0.25, 0.3) is 0 Å². The summed E-state index contributed by atoms with van der Waals surface area (Å²) < 4.78 is 0. The molecular formula is C56H60. The van der Waals surface area contributed by atoms with Crippen LogP contribution in [0.4, 0.5) is 0 Å². The summed E-state index contributed by atoms with van der Waals surface area (Å²) in [5.74, 6) is 0.473. The smallest absolute Gasteiger partial charge is 0.0619 e. The first-order valence-electron chi connectivity index (χ1n) is 20.2. The summed E-state index contributed by atoms with van der Waals surface area (Å²) in [7, 11) is 0. The van der Waals surface area contributed by atoms with E-state index in [1.54, 1.807) is 0 Å². The molecule has 1 aliphatic rings. The highest BCUT2D eigenvalue weighted by Crippen LogP contribution is 2.56. The van der Waals surface area contributed by atoms with Crippen LogP contribution >= 0.6 is 0 Å². The average Bonchev–Trinajstić information content (AvgIpc) is 3.49. The summed E-state index contributed by atoms with van der Waals surface area (Å²) in [6.45, 7) is 24.2. The van der Waals surface area contributed by atoms with Crippen LogP contribution in [0.2, 0.25) is 0 Å². The van der Waals surface area contributed by atoms with E-state index in [0.717, 1.165) is 0 Å². The van der Waals surface area contributed by atoms with Gasteiger partial charge in [-0.3, -0.25) is 0 Å². The lowest BCUT2D eigenvalue weighted by Gasteiger charge is -2.34. The second kappa shape index (κ2) is 16.7. The van der Waals surface area contributed by atoms with E-state index >= 15 is 0 Å². The number of benzene rings is 7. The highest BCUT2D eigenvalue weighted by molar-refractivity contribution is 5.86. The first kappa shape index (κ1) is 40.2. The van der Waals surface area contributed by atoms with Crippen LogP contribution in [-0.4, -0.2) is 0 Å². The Kier molecular flexibility index (Phi) is 12.0. The quantitative estimate of drug-likeness (QED) is 0.169. The maximum absolute atomic E-state index is 2.39. The predicted octanol–water partition coefficient (Wildman–Crippen LogP) is 15.0. The zero-order valence-corrected chi connectivity index (χ0v) is 35.6. The Morgan fingerprint density at radius 1 is 0.393 bits per heavy atom. The van der Waals surface area contributed by atoms with E-state index in [-0.39, 0.29) is 10.8 Å². The Morgan fingerprint density at radius 3 is 1.11 bits per heavy atom. The summed E-state index contributed by atoms with van der Waals surface area (Å²) in [5.41, 5.74) is 21.6. The molecule has 0 radical (unpaired) electrons. The van der Waals surface area contributed by atoms with Gasteiger partial charge in [0.1, 0.15) is 0 Å². The van der Waals surface area contributed by atoms with Crippen molar-refractivity contribution in [2.45, 2.75) is 92.9 Å². The van der Waals surface area contributed by atoms with Gasteiger partial charge in [-0.15, -0.1) is 0 Å². The molecule has 0 aliphatic heterocycles. The lowest BCUT2D eigenvalue weighted by Crippen LogP contribution is -2.29. The molecule has 0 N–H and O–H groups in total. The van der Waals surface area contributed by atoms with Crippen molar-refractivity contribution in [2.24, 2.45) is 0 Å². The van der Waals surface area contributed by atoms with Crippen LogP contribution < -0.4 is 0 Å². The van der Waals surface area contributed by atoms with E-state index < -0.39 is 0 Å². The highest BCUT2D eigenvalue weighted by Gasteiger charge is 2.46. The minimum absolute atomic E-state index is 0.285. The van der Waals surface area contributed by atoms with Crippen molar-refractivity contribution in [2.75, 3.05) is 0 Å². The second-order valence-corrected chi connectivity index (χ2v) is 17.1. The van der Waals surface area contributed by atoms with Crippen molar-refractivity contribution < 1.29 is 0 Å². The fraction of sp³-hybridized carbons (Fsp3) is 0.250. The van der Waals surface area contributed by atoms with Crippen LogP contribution in [0, 0.1) is 48.5 Å². The molecule has 0 amide bonds. The van der Waals surface area contributed by atoms with Gasteiger partial charge in [-0.2, -0.15) is 0 Å². The Hall–Kier alpha value is -5.46. The first-order chi connectivity index (χ1) is 26.7. The standard InChI is InChI=1S/C29H26.C16H18.C11H16/c1-19-13-15-23(17-21(19)3)29(24-16-14-20(2)22(4)18-24)27-11-7-5-9-25(27)26-10-6-8-12-28(26)29;1-12-4-8-15(9-5-12)14(3)16-10-6-13(2)7-11-16;1-9-5-7-10(8-6-9)11(2,3)4/h5-18H,1-4H3;4-11,14H,1-3H3;5-8H,1-4H3. The van der Waals surface area contributed by atoms with E-state index in [4.69, 9.17) is 0 Å². The normalized spacial score (nSPS) is 12.5. The van der Waals surface area contributed by atoms with Crippen molar-refractivity contribution >= 4 is 0 Å². The minimum Gasteiger partial charge on any atom is -0.0619 e. The molecule has 0 heteroatoms. The van der Waals surface area contributed by atoms with E-state index in [1.165, 1.54) is 89.0 Å². The highest BCUT2D eigenvalue weighted by atomic mass is 14.5. The van der Waals surface area contributed by atoms with E-state index in [0.29, 0.717) is 5.92 Å². The van der Waals surface area contributed by atoms with Crippen molar-refractivity contribution in [3.05, 3.63) is 236 Å². The van der Waals surface area contributed by atoms with Gasteiger partial charge < -0.3 is 0 Å². The largest absolute Gasteiger partial charge is 0.0713 e. The third-order valence-corrected chi connectivity index (χ3v) is 11.9. The van der Waals surface area contributed by atoms with Crippen LogP contribution in [0.15, 0.2) is 158 Å². The van der Waals surface area contributed by atoms with Crippen molar-refractivity contribution in [1.82, 2.24) is 0 Å². The average molecular weight is 733 g/mol. The Balaban J connectivity index is 0.000000165. The molecule has 0 aromatic heterocycles. The number of hydrogen-bond acceptors (Lipinski definition) is 0. The molecule has 8 rings (SSSR count). The number of hydrogen-bond donors (Lipinski definition) is 0. The lowest BCUT2D eigenvalue weighted by molar-refractivity contribution is 0.590. The number of fused-ring (bicyclic) bond motifs is 3. The molecule has 0 unspecified atom stereocenters. The molecule has 0 saturated heterocycles. The Bertz CT molecular complexity index is 2250. The minimum atomic E-state index is -0.288. The Labute approximate surface area is 338 Å². The van der Waals surface area contributed by atoms with Gasteiger partial charge in [-0.05, 0) is 126 Å². The van der Waals surface area contributed by atoms with Gasteiger partial charge in [-0.25, -0.2) is 0 Å². The van der Waals surface area contributed by atoms with Gasteiger partial charge in [-0.1, -0.05) is 202 Å². The third-order valence-electron chi connectivity index (χ3n) is 11.9. The number of rotatable bonds is 4. The zero-order chi connectivity index (χ0) is 40.2. The zero-order valence-electron chi connectivity index (χ0n) is 35.6. The van der Waals surface area contributed by atoms with Crippen LogP contribution in [-0.2, 0) is 10.8 Å². The summed E-state index contributed by atoms with van der Waals surface area (Å²) in [6.07, 6.45) is 0. The molecule has 0 heterocycles. The molecule has 1 aliphatic carbocycles. The molecular weight excluding hydrogens is 673 g/mol. The maximum Gasteiger partial charge on any atom is 0.0713 e. The van der Waals surface area contributed by atoms with Gasteiger partial charge in [0.05, 0.1) is 5.41 Å². The van der Waals surface area contributed by atoms with Gasteiger partial charge in [0.15, 0.2) is 0 Å². The molecule has 0 spiro atoms. The van der Waals surface area contributed by atoms with E-state index in [1.807, 2.05) is 0 Å². The number of aryl methyl sites for hydroxylation is 7. The molecule has 284 valence electrons. The fourth-order valence-electron chi connectivity index (χ4n) is 7.93. The molecule has 0 saturated carbocycles. The van der Waals surface area contributed by atoms with Gasteiger partial charge >= 0.3 is 0 Å². The molecule has 0 atom stereocenters. The van der Waals surface area contributed by atoms with Crippen LogP contribution in [0.1, 0.15) is 112 Å². The van der Waals surface area contributed by atoms with E-state index in [2.05, 4.69) is 234 Å². The summed E-state index contributed by atoms with van der Waals surface area (Å²) >= 11 is 0. The third kappa shape index (κ3) is 8.36. The summed E-state index contributed by atoms with van der Waals surface area (Å²) in [6, 6.07) is 58.2. The van der Waals surface area contributed by atoms with Gasteiger partial charge in [0, 0.05) is 5.92 Å². The van der Waals surface area contributed by atoms with Crippen molar-refractivity contribution in [3.63, 3.8) is 0 Å². The van der Waals surface area contributed by atoms with Crippen LogP contribution in [0.25, 0.3) is 11.1 Å². The molecule has 0 fully saturated rings. The summed E-state index contributed by atoms with van der Waals surface area (Å²) in [5, 5.41) is 0. The maximum atomic E-state index is 2.39.